The van der Waals surface area contributed by atoms with Gasteiger partial charge in [0.1, 0.15) is 0 Å². The van der Waals surface area contributed by atoms with Crippen LogP contribution < -0.4 is 5.32 Å². The number of amides is 1. The van der Waals surface area contributed by atoms with Crippen molar-refractivity contribution in [3.8, 4) is 0 Å². The number of nitrogens with zero attached hydrogens (tertiary/aromatic N) is 3. The van der Waals surface area contributed by atoms with Gasteiger partial charge in [-0.15, -0.1) is 0 Å². The van der Waals surface area contributed by atoms with Crippen LogP contribution in [0.3, 0.4) is 0 Å². The number of aromatic amines is 1. The van der Waals surface area contributed by atoms with Gasteiger partial charge in [0.05, 0.1) is 12.6 Å². The number of nitrogens with one attached hydrogen (secondary N) is 2. The molecule has 0 unspecified atom stereocenters. The second kappa shape index (κ2) is 6.31. The number of carbonyl (C=O) groups excluding carboxylic acids is 1. The minimum absolute atomic E-state index is 0.129. The Labute approximate surface area is 139 Å². The predicted octanol–water partition coefficient (Wildman–Crippen LogP) is 2.27. The maximum atomic E-state index is 12.8. The van der Waals surface area contributed by atoms with Gasteiger partial charge in [0.15, 0.2) is 5.69 Å². The molecule has 6 heteroatoms. The number of carbonyl (C=O) groups is 1. The molecule has 0 saturated heterocycles. The summed E-state index contributed by atoms with van der Waals surface area (Å²) in [4.78, 5) is 12.8. The van der Waals surface area contributed by atoms with Crippen LogP contribution in [-0.2, 0) is 19.4 Å². The van der Waals surface area contributed by atoms with Gasteiger partial charge in [-0.25, -0.2) is 0 Å². The maximum Gasteiger partial charge on any atom is 0.272 e. The first-order valence-corrected chi connectivity index (χ1v) is 8.20. The van der Waals surface area contributed by atoms with E-state index in [1.165, 1.54) is 0 Å². The highest BCUT2D eigenvalue weighted by Gasteiger charge is 2.25. The SMILES string of the molecule is O=C(N[C@H](Cn1cccn1)c1ccccc1)c1n[nH]c2c1CCC2. The number of benzene rings is 1. The maximum absolute atomic E-state index is 12.8. The van der Waals surface area contributed by atoms with Crippen LogP contribution in [-0.4, -0.2) is 25.9 Å². The zero-order chi connectivity index (χ0) is 16.4. The Morgan fingerprint density at radius 2 is 2.12 bits per heavy atom. The van der Waals surface area contributed by atoms with Gasteiger partial charge in [-0.3, -0.25) is 14.6 Å². The van der Waals surface area contributed by atoms with E-state index < -0.39 is 0 Å². The molecular formula is C18H19N5O. The normalized spacial score (nSPS) is 14.3. The topological polar surface area (TPSA) is 75.6 Å². The Kier molecular flexibility index (Phi) is 3.86. The molecule has 0 radical (unpaired) electrons. The fraction of sp³-hybridized carbons (Fsp3) is 0.278. The molecule has 4 rings (SSSR count). The van der Waals surface area contributed by atoms with Crippen LogP contribution in [0, 0.1) is 0 Å². The summed E-state index contributed by atoms with van der Waals surface area (Å²) in [6.45, 7) is 0.579. The number of fused-ring (bicyclic) bond motifs is 1. The molecule has 1 amide bonds. The van der Waals surface area contributed by atoms with Crippen LogP contribution in [0.1, 0.15) is 39.8 Å². The molecule has 0 spiro atoms. The van der Waals surface area contributed by atoms with Gasteiger partial charge in [0, 0.05) is 23.7 Å². The molecule has 24 heavy (non-hydrogen) atoms. The highest BCUT2D eigenvalue weighted by molar-refractivity contribution is 5.94. The van der Waals surface area contributed by atoms with Gasteiger partial charge >= 0.3 is 0 Å². The third-order valence-electron chi connectivity index (χ3n) is 4.46. The van der Waals surface area contributed by atoms with E-state index in [-0.39, 0.29) is 11.9 Å². The minimum Gasteiger partial charge on any atom is -0.342 e. The molecule has 3 aromatic rings. The summed E-state index contributed by atoms with van der Waals surface area (Å²) < 4.78 is 1.83. The molecule has 0 bridgehead atoms. The van der Waals surface area contributed by atoms with Crippen molar-refractivity contribution in [1.82, 2.24) is 25.3 Å². The molecule has 1 aliphatic carbocycles. The van der Waals surface area contributed by atoms with Crippen molar-refractivity contribution in [2.24, 2.45) is 0 Å². The van der Waals surface area contributed by atoms with Crippen LogP contribution in [0.15, 0.2) is 48.8 Å². The standard InChI is InChI=1S/C18H19N5O/c24-18(17-14-8-4-9-15(14)21-22-17)20-16(12-23-11-5-10-19-23)13-6-2-1-3-7-13/h1-3,5-7,10-11,16H,4,8-9,12H2,(H,20,24)(H,21,22)/t16-/m1/s1. The van der Waals surface area contributed by atoms with E-state index in [1.54, 1.807) is 6.20 Å². The Balaban J connectivity index is 1.58. The summed E-state index contributed by atoms with van der Waals surface area (Å²) >= 11 is 0. The molecule has 0 aliphatic heterocycles. The van der Waals surface area contributed by atoms with Crippen molar-refractivity contribution in [2.45, 2.75) is 31.8 Å². The van der Waals surface area contributed by atoms with Crippen LogP contribution in [0.4, 0.5) is 0 Å². The first kappa shape index (κ1) is 14.7. The van der Waals surface area contributed by atoms with E-state index in [1.807, 2.05) is 47.3 Å². The average molecular weight is 321 g/mol. The van der Waals surface area contributed by atoms with Gasteiger partial charge in [0.25, 0.3) is 5.91 Å². The third-order valence-corrected chi connectivity index (χ3v) is 4.46. The first-order valence-electron chi connectivity index (χ1n) is 8.20. The minimum atomic E-state index is -0.160. The summed E-state index contributed by atoms with van der Waals surface area (Å²) in [6.07, 6.45) is 6.62. The molecule has 1 atom stereocenters. The molecule has 1 aliphatic rings. The summed E-state index contributed by atoms with van der Waals surface area (Å²) in [5.41, 5.74) is 3.75. The molecule has 122 valence electrons. The van der Waals surface area contributed by atoms with Gasteiger partial charge in [-0.1, -0.05) is 30.3 Å². The smallest absolute Gasteiger partial charge is 0.272 e. The summed E-state index contributed by atoms with van der Waals surface area (Å²) in [7, 11) is 0. The van der Waals surface area contributed by atoms with Crippen LogP contribution >= 0.6 is 0 Å². The van der Waals surface area contributed by atoms with Gasteiger partial charge in [-0.05, 0) is 30.9 Å². The lowest BCUT2D eigenvalue weighted by Gasteiger charge is -2.19. The molecule has 0 fully saturated rings. The van der Waals surface area contributed by atoms with Crippen molar-refractivity contribution < 1.29 is 4.79 Å². The van der Waals surface area contributed by atoms with Crippen LogP contribution in [0.25, 0.3) is 0 Å². The van der Waals surface area contributed by atoms with Crippen molar-refractivity contribution in [1.29, 1.82) is 0 Å². The van der Waals surface area contributed by atoms with Crippen molar-refractivity contribution >= 4 is 5.91 Å². The summed E-state index contributed by atoms with van der Waals surface area (Å²) in [5.74, 6) is -0.129. The van der Waals surface area contributed by atoms with E-state index in [9.17, 15) is 4.79 Å². The number of rotatable bonds is 5. The predicted molar refractivity (Wildman–Crippen MR) is 89.5 cm³/mol. The molecule has 2 aromatic heterocycles. The quantitative estimate of drug-likeness (QED) is 0.757. The molecule has 0 saturated carbocycles. The van der Waals surface area contributed by atoms with E-state index in [0.29, 0.717) is 12.2 Å². The van der Waals surface area contributed by atoms with E-state index in [0.717, 1.165) is 36.1 Å². The van der Waals surface area contributed by atoms with E-state index in [2.05, 4.69) is 20.6 Å². The highest BCUT2D eigenvalue weighted by Crippen LogP contribution is 2.23. The molecule has 2 N–H and O–H groups in total. The van der Waals surface area contributed by atoms with Crippen molar-refractivity contribution in [3.63, 3.8) is 0 Å². The van der Waals surface area contributed by atoms with Crippen molar-refractivity contribution in [3.05, 3.63) is 71.3 Å². The largest absolute Gasteiger partial charge is 0.342 e. The number of hydrogen-bond acceptors (Lipinski definition) is 3. The second-order valence-corrected chi connectivity index (χ2v) is 6.05. The number of hydrogen-bond donors (Lipinski definition) is 2. The lowest BCUT2D eigenvalue weighted by molar-refractivity contribution is 0.0926. The van der Waals surface area contributed by atoms with E-state index in [4.69, 9.17) is 0 Å². The Morgan fingerprint density at radius 3 is 2.92 bits per heavy atom. The summed E-state index contributed by atoms with van der Waals surface area (Å²) in [6, 6.07) is 11.7. The Morgan fingerprint density at radius 1 is 1.25 bits per heavy atom. The second-order valence-electron chi connectivity index (χ2n) is 6.05. The lowest BCUT2D eigenvalue weighted by atomic mass is 10.1. The van der Waals surface area contributed by atoms with E-state index >= 15 is 0 Å². The molecule has 2 heterocycles. The number of aromatic nitrogens is 4. The van der Waals surface area contributed by atoms with Crippen LogP contribution in [0.5, 0.6) is 0 Å². The molecule has 1 aromatic carbocycles. The fourth-order valence-electron chi connectivity index (χ4n) is 3.25. The molecule has 6 nitrogen and oxygen atoms in total. The number of H-pyrrole nitrogens is 1. The van der Waals surface area contributed by atoms with Crippen LogP contribution in [0.2, 0.25) is 0 Å². The Bertz CT molecular complexity index is 822. The zero-order valence-electron chi connectivity index (χ0n) is 13.3. The zero-order valence-corrected chi connectivity index (χ0v) is 13.3. The fourth-order valence-corrected chi connectivity index (χ4v) is 3.25. The molecular weight excluding hydrogens is 302 g/mol. The lowest BCUT2D eigenvalue weighted by Crippen LogP contribution is -2.32. The average Bonchev–Trinajstić information content (AvgIpc) is 3.33. The third kappa shape index (κ3) is 2.82. The van der Waals surface area contributed by atoms with Gasteiger partial charge < -0.3 is 5.32 Å². The Hall–Kier alpha value is -2.89. The van der Waals surface area contributed by atoms with Crippen molar-refractivity contribution in [2.75, 3.05) is 0 Å². The number of aryl methyl sites for hydroxylation is 1. The first-order chi connectivity index (χ1) is 11.8. The monoisotopic (exact) mass is 321 g/mol. The van der Waals surface area contributed by atoms with Gasteiger partial charge in [-0.2, -0.15) is 10.2 Å². The van der Waals surface area contributed by atoms with Gasteiger partial charge in [0.2, 0.25) is 0 Å². The highest BCUT2D eigenvalue weighted by atomic mass is 16.2. The summed E-state index contributed by atoms with van der Waals surface area (Å²) in [5, 5.41) is 14.6.